The van der Waals surface area contributed by atoms with Gasteiger partial charge in [0.1, 0.15) is 5.75 Å². The van der Waals surface area contributed by atoms with Gasteiger partial charge in [0.15, 0.2) is 18.1 Å². The zero-order valence-corrected chi connectivity index (χ0v) is 14.9. The number of carbonyl (C=O) groups excluding carboxylic acids is 2. The summed E-state index contributed by atoms with van der Waals surface area (Å²) in [7, 11) is 3.00. The number of methoxy groups -OCH3 is 2. The molecule has 4 N–H and O–H groups in total. The van der Waals surface area contributed by atoms with Crippen LogP contribution in [0.15, 0.2) is 47.6 Å². The Morgan fingerprint density at radius 2 is 1.81 bits per heavy atom. The molecule has 142 valence electrons. The summed E-state index contributed by atoms with van der Waals surface area (Å²) >= 11 is 0. The van der Waals surface area contributed by atoms with Crippen molar-refractivity contribution in [1.82, 2.24) is 5.43 Å². The lowest BCUT2D eigenvalue weighted by atomic mass is 10.2. The minimum Gasteiger partial charge on any atom is -0.495 e. The molecule has 0 saturated carbocycles. The first-order valence-electron chi connectivity index (χ1n) is 7.85. The number of nitrogens with one attached hydrogen (secondary N) is 2. The van der Waals surface area contributed by atoms with Crippen molar-refractivity contribution < 1.29 is 23.8 Å². The Bertz CT molecular complexity index is 838. The zero-order chi connectivity index (χ0) is 19.6. The summed E-state index contributed by atoms with van der Waals surface area (Å²) in [6, 6.07) is 11.2. The molecular formula is C18H20N4O5. The van der Waals surface area contributed by atoms with E-state index in [4.69, 9.17) is 19.9 Å². The van der Waals surface area contributed by atoms with Crippen LogP contribution in [0.1, 0.15) is 5.56 Å². The van der Waals surface area contributed by atoms with Gasteiger partial charge in [0.05, 0.1) is 26.1 Å². The number of nitrogens with two attached hydrogens (primary N) is 1. The van der Waals surface area contributed by atoms with Crippen LogP contribution in [0, 0.1) is 0 Å². The lowest BCUT2D eigenvalue weighted by Crippen LogP contribution is -2.24. The SMILES string of the molecule is COc1ccccc1NC(=O)COc1ccc(/C=N\NC(N)=O)cc1OC. The van der Waals surface area contributed by atoms with Gasteiger partial charge in [-0.3, -0.25) is 4.79 Å². The predicted octanol–water partition coefficient (Wildman–Crippen LogP) is 1.72. The summed E-state index contributed by atoms with van der Waals surface area (Å²) in [5.41, 5.74) is 8.21. The summed E-state index contributed by atoms with van der Waals surface area (Å²) in [4.78, 5) is 22.7. The van der Waals surface area contributed by atoms with E-state index in [0.29, 0.717) is 28.5 Å². The van der Waals surface area contributed by atoms with E-state index >= 15 is 0 Å². The normalized spacial score (nSPS) is 10.3. The number of nitrogens with zero attached hydrogens (tertiary/aromatic N) is 1. The summed E-state index contributed by atoms with van der Waals surface area (Å²) in [6.45, 7) is -0.217. The van der Waals surface area contributed by atoms with Crippen molar-refractivity contribution in [2.45, 2.75) is 0 Å². The summed E-state index contributed by atoms with van der Waals surface area (Å²) in [6.07, 6.45) is 1.39. The van der Waals surface area contributed by atoms with Crippen LogP contribution in [0.5, 0.6) is 17.2 Å². The summed E-state index contributed by atoms with van der Waals surface area (Å²) in [5.74, 6) is 0.991. The molecule has 0 radical (unpaired) electrons. The molecule has 0 heterocycles. The van der Waals surface area contributed by atoms with E-state index < -0.39 is 6.03 Å². The van der Waals surface area contributed by atoms with Crippen LogP contribution in [0.3, 0.4) is 0 Å². The van der Waals surface area contributed by atoms with Gasteiger partial charge in [-0.2, -0.15) is 5.10 Å². The van der Waals surface area contributed by atoms with Crippen LogP contribution in [-0.2, 0) is 4.79 Å². The van der Waals surface area contributed by atoms with Gasteiger partial charge in [-0.15, -0.1) is 0 Å². The van der Waals surface area contributed by atoms with E-state index in [1.165, 1.54) is 20.4 Å². The molecule has 9 nitrogen and oxygen atoms in total. The smallest absolute Gasteiger partial charge is 0.332 e. The van der Waals surface area contributed by atoms with E-state index in [1.807, 2.05) is 0 Å². The van der Waals surface area contributed by atoms with Crippen LogP contribution in [0.4, 0.5) is 10.5 Å². The highest BCUT2D eigenvalue weighted by molar-refractivity contribution is 5.93. The molecule has 0 atom stereocenters. The van der Waals surface area contributed by atoms with E-state index in [-0.39, 0.29) is 12.5 Å². The Morgan fingerprint density at radius 1 is 1.07 bits per heavy atom. The van der Waals surface area contributed by atoms with Gasteiger partial charge in [-0.1, -0.05) is 12.1 Å². The molecule has 0 aromatic heterocycles. The van der Waals surface area contributed by atoms with Crippen molar-refractivity contribution in [3.63, 3.8) is 0 Å². The third-order valence-electron chi connectivity index (χ3n) is 3.32. The first kappa shape index (κ1) is 19.6. The number of amides is 3. The number of hydrogen-bond donors (Lipinski definition) is 3. The number of anilines is 1. The predicted molar refractivity (Wildman–Crippen MR) is 100 cm³/mol. The molecule has 0 aliphatic rings. The molecule has 0 spiro atoms. The van der Waals surface area contributed by atoms with Crippen LogP contribution in [0.25, 0.3) is 0 Å². The maximum absolute atomic E-state index is 12.1. The fourth-order valence-electron chi connectivity index (χ4n) is 2.13. The van der Waals surface area contributed by atoms with Crippen molar-refractivity contribution >= 4 is 23.8 Å². The standard InChI is InChI=1S/C18H20N4O5/c1-25-14-6-4-3-5-13(14)21-17(23)11-27-15-8-7-12(9-16(15)26-2)10-20-22-18(19)24/h3-10H,11H2,1-2H3,(H,21,23)(H3,19,22,24)/b20-10-. The topological polar surface area (TPSA) is 124 Å². The maximum Gasteiger partial charge on any atom is 0.332 e. The Balaban J connectivity index is 1.99. The van der Waals surface area contributed by atoms with Crippen molar-refractivity contribution in [3.8, 4) is 17.2 Å². The molecule has 0 unspecified atom stereocenters. The molecule has 2 aromatic carbocycles. The van der Waals surface area contributed by atoms with Crippen LogP contribution in [-0.4, -0.2) is 39.0 Å². The highest BCUT2D eigenvalue weighted by atomic mass is 16.5. The van der Waals surface area contributed by atoms with Gasteiger partial charge in [0.2, 0.25) is 0 Å². The Morgan fingerprint density at radius 3 is 2.52 bits per heavy atom. The van der Waals surface area contributed by atoms with E-state index in [9.17, 15) is 9.59 Å². The zero-order valence-electron chi connectivity index (χ0n) is 14.9. The van der Waals surface area contributed by atoms with Crippen LogP contribution < -0.4 is 30.7 Å². The first-order valence-corrected chi connectivity index (χ1v) is 7.85. The average molecular weight is 372 g/mol. The number of ether oxygens (including phenoxy) is 3. The van der Waals surface area contributed by atoms with Crippen molar-refractivity contribution in [2.75, 3.05) is 26.1 Å². The van der Waals surface area contributed by atoms with E-state index in [0.717, 1.165) is 0 Å². The minimum absolute atomic E-state index is 0.217. The highest BCUT2D eigenvalue weighted by Gasteiger charge is 2.10. The number of hydrogen-bond acceptors (Lipinski definition) is 6. The average Bonchev–Trinajstić information content (AvgIpc) is 2.67. The van der Waals surface area contributed by atoms with Gasteiger partial charge in [-0.25, -0.2) is 10.2 Å². The fourth-order valence-corrected chi connectivity index (χ4v) is 2.13. The molecule has 27 heavy (non-hydrogen) atoms. The second-order valence-electron chi connectivity index (χ2n) is 5.18. The lowest BCUT2D eigenvalue weighted by molar-refractivity contribution is -0.118. The molecule has 0 aliphatic heterocycles. The van der Waals surface area contributed by atoms with E-state index in [1.54, 1.807) is 42.5 Å². The monoisotopic (exact) mass is 372 g/mol. The molecule has 3 amide bonds. The maximum atomic E-state index is 12.1. The van der Waals surface area contributed by atoms with Crippen LogP contribution in [0.2, 0.25) is 0 Å². The minimum atomic E-state index is -0.765. The lowest BCUT2D eigenvalue weighted by Gasteiger charge is -2.12. The van der Waals surface area contributed by atoms with Gasteiger partial charge in [-0.05, 0) is 35.9 Å². The van der Waals surface area contributed by atoms with Gasteiger partial charge in [0, 0.05) is 0 Å². The number of urea groups is 1. The number of benzene rings is 2. The Kier molecular flexibility index (Phi) is 7.00. The molecular weight excluding hydrogens is 352 g/mol. The van der Waals surface area contributed by atoms with Gasteiger partial charge < -0.3 is 25.3 Å². The molecule has 2 aromatic rings. The Labute approximate surface area is 156 Å². The quantitative estimate of drug-likeness (QED) is 0.481. The summed E-state index contributed by atoms with van der Waals surface area (Å²) in [5, 5.41) is 6.38. The highest BCUT2D eigenvalue weighted by Crippen LogP contribution is 2.28. The molecule has 0 bridgehead atoms. The summed E-state index contributed by atoms with van der Waals surface area (Å²) < 4.78 is 16.0. The largest absolute Gasteiger partial charge is 0.495 e. The first-order chi connectivity index (χ1) is 13.0. The number of primary amides is 1. The third kappa shape index (κ3) is 5.92. The number of rotatable bonds is 8. The second kappa shape index (κ2) is 9.66. The second-order valence-corrected chi connectivity index (χ2v) is 5.18. The molecule has 0 aliphatic carbocycles. The molecule has 2 rings (SSSR count). The van der Waals surface area contributed by atoms with Crippen LogP contribution >= 0.6 is 0 Å². The van der Waals surface area contributed by atoms with Gasteiger partial charge in [0.25, 0.3) is 5.91 Å². The number of hydrazone groups is 1. The molecule has 9 heteroatoms. The van der Waals surface area contributed by atoms with Gasteiger partial charge >= 0.3 is 6.03 Å². The number of para-hydroxylation sites is 2. The fraction of sp³-hybridized carbons (Fsp3) is 0.167. The third-order valence-corrected chi connectivity index (χ3v) is 3.32. The molecule has 0 fully saturated rings. The molecule has 0 saturated heterocycles. The Hall–Kier alpha value is -3.75. The number of carbonyl (C=O) groups is 2. The van der Waals surface area contributed by atoms with Crippen molar-refractivity contribution in [2.24, 2.45) is 10.8 Å². The van der Waals surface area contributed by atoms with Crippen molar-refractivity contribution in [1.29, 1.82) is 0 Å². The van der Waals surface area contributed by atoms with Crippen molar-refractivity contribution in [3.05, 3.63) is 48.0 Å². The van der Waals surface area contributed by atoms with E-state index in [2.05, 4.69) is 15.8 Å².